The molecule has 4 nitrogen and oxygen atoms in total. The van der Waals surface area contributed by atoms with E-state index in [0.717, 1.165) is 38.5 Å². The van der Waals surface area contributed by atoms with E-state index in [1.54, 1.807) is 0 Å². The van der Waals surface area contributed by atoms with Gasteiger partial charge in [-0.1, -0.05) is 0 Å². The largest absolute Gasteiger partial charge is 0.338 e. The summed E-state index contributed by atoms with van der Waals surface area (Å²) >= 11 is 0. The molecule has 0 aromatic heterocycles. The Morgan fingerprint density at radius 2 is 1.94 bits per heavy atom. The molecular weight excluding hydrogens is 226 g/mol. The number of piperidine rings is 1. The van der Waals surface area contributed by atoms with E-state index in [0.29, 0.717) is 11.9 Å². The van der Waals surface area contributed by atoms with Crippen molar-refractivity contribution < 1.29 is 4.79 Å². The molecule has 3 heterocycles. The summed E-state index contributed by atoms with van der Waals surface area (Å²) in [5.74, 6) is 1.11. The van der Waals surface area contributed by atoms with Crippen LogP contribution in [-0.2, 0) is 4.79 Å². The van der Waals surface area contributed by atoms with E-state index in [2.05, 4.69) is 15.1 Å². The average molecular weight is 251 g/mol. The predicted molar refractivity (Wildman–Crippen MR) is 71.4 cm³/mol. The zero-order chi connectivity index (χ0) is 12.4. The van der Waals surface area contributed by atoms with E-state index in [1.807, 2.05) is 0 Å². The van der Waals surface area contributed by atoms with Gasteiger partial charge in [-0.05, 0) is 44.7 Å². The van der Waals surface area contributed by atoms with Crippen molar-refractivity contribution in [3.8, 4) is 0 Å². The van der Waals surface area contributed by atoms with Gasteiger partial charge in [0.15, 0.2) is 0 Å². The number of hydrogen-bond donors (Lipinski definition) is 1. The molecule has 0 saturated carbocycles. The van der Waals surface area contributed by atoms with Crippen molar-refractivity contribution in [3.63, 3.8) is 0 Å². The molecule has 3 saturated heterocycles. The van der Waals surface area contributed by atoms with Gasteiger partial charge in [-0.2, -0.15) is 0 Å². The summed E-state index contributed by atoms with van der Waals surface area (Å²) in [7, 11) is 0. The first-order valence-corrected chi connectivity index (χ1v) is 7.57. The lowest BCUT2D eigenvalue weighted by Gasteiger charge is -2.37. The van der Waals surface area contributed by atoms with Gasteiger partial charge in [-0.3, -0.25) is 4.79 Å². The third-order valence-electron chi connectivity index (χ3n) is 4.84. The van der Waals surface area contributed by atoms with Gasteiger partial charge >= 0.3 is 0 Å². The van der Waals surface area contributed by atoms with E-state index in [1.165, 1.54) is 38.8 Å². The Morgan fingerprint density at radius 1 is 1.11 bits per heavy atom. The van der Waals surface area contributed by atoms with Crippen molar-refractivity contribution in [1.82, 2.24) is 15.1 Å². The minimum Gasteiger partial charge on any atom is -0.338 e. The molecule has 0 aromatic rings. The SMILES string of the molecule is O=C(CCN1CCCC1)N1CCCC2CNCC21. The van der Waals surface area contributed by atoms with Gasteiger partial charge in [0.1, 0.15) is 0 Å². The van der Waals surface area contributed by atoms with E-state index >= 15 is 0 Å². The molecule has 3 aliphatic rings. The van der Waals surface area contributed by atoms with E-state index in [9.17, 15) is 4.79 Å². The number of fused-ring (bicyclic) bond motifs is 1. The average Bonchev–Trinajstić information content (AvgIpc) is 3.05. The number of carbonyl (C=O) groups excluding carboxylic acids is 1. The molecular formula is C14H25N3O. The summed E-state index contributed by atoms with van der Waals surface area (Å²) in [4.78, 5) is 17.0. The summed E-state index contributed by atoms with van der Waals surface area (Å²) in [6.45, 7) is 6.48. The molecule has 2 atom stereocenters. The molecule has 3 aliphatic heterocycles. The molecule has 0 spiro atoms. The van der Waals surface area contributed by atoms with Crippen LogP contribution in [0, 0.1) is 5.92 Å². The number of nitrogens with one attached hydrogen (secondary N) is 1. The predicted octanol–water partition coefficient (Wildman–Crippen LogP) is 0.683. The maximum Gasteiger partial charge on any atom is 0.224 e. The lowest BCUT2D eigenvalue weighted by Crippen LogP contribution is -2.48. The fourth-order valence-electron chi connectivity index (χ4n) is 3.78. The van der Waals surface area contributed by atoms with Crippen LogP contribution in [0.4, 0.5) is 0 Å². The normalized spacial score (nSPS) is 32.8. The lowest BCUT2D eigenvalue weighted by molar-refractivity contribution is -0.135. The van der Waals surface area contributed by atoms with E-state index < -0.39 is 0 Å². The van der Waals surface area contributed by atoms with Crippen LogP contribution >= 0.6 is 0 Å². The standard InChI is InChI=1S/C14H25N3O/c18-14(5-9-16-6-1-2-7-16)17-8-3-4-12-10-15-11-13(12)17/h12-13,15H,1-11H2. The summed E-state index contributed by atoms with van der Waals surface area (Å²) < 4.78 is 0. The smallest absolute Gasteiger partial charge is 0.224 e. The van der Waals surface area contributed by atoms with Gasteiger partial charge in [0.2, 0.25) is 5.91 Å². The zero-order valence-electron chi connectivity index (χ0n) is 11.2. The quantitative estimate of drug-likeness (QED) is 0.801. The minimum absolute atomic E-state index is 0.389. The maximum atomic E-state index is 12.4. The number of carbonyl (C=O) groups is 1. The second kappa shape index (κ2) is 5.57. The fourth-order valence-corrected chi connectivity index (χ4v) is 3.78. The van der Waals surface area contributed by atoms with Gasteiger partial charge in [0.05, 0.1) is 0 Å². The van der Waals surface area contributed by atoms with Gasteiger partial charge in [0, 0.05) is 38.6 Å². The van der Waals surface area contributed by atoms with Crippen molar-refractivity contribution in [1.29, 1.82) is 0 Å². The van der Waals surface area contributed by atoms with Crippen LogP contribution in [-0.4, -0.2) is 61.0 Å². The minimum atomic E-state index is 0.389. The first-order chi connectivity index (χ1) is 8.84. The van der Waals surface area contributed by atoms with E-state index in [-0.39, 0.29) is 0 Å². The molecule has 3 rings (SSSR count). The van der Waals surface area contributed by atoms with Crippen molar-refractivity contribution >= 4 is 5.91 Å². The summed E-state index contributed by atoms with van der Waals surface area (Å²) in [5.41, 5.74) is 0. The third-order valence-corrected chi connectivity index (χ3v) is 4.84. The highest BCUT2D eigenvalue weighted by Gasteiger charge is 2.37. The maximum absolute atomic E-state index is 12.4. The molecule has 4 heteroatoms. The van der Waals surface area contributed by atoms with Crippen LogP contribution in [0.25, 0.3) is 0 Å². The summed E-state index contributed by atoms with van der Waals surface area (Å²) in [6, 6.07) is 0.491. The molecule has 1 amide bonds. The monoisotopic (exact) mass is 251 g/mol. The number of hydrogen-bond acceptors (Lipinski definition) is 3. The van der Waals surface area contributed by atoms with Crippen LogP contribution in [0.2, 0.25) is 0 Å². The molecule has 1 N–H and O–H groups in total. The van der Waals surface area contributed by atoms with Gasteiger partial charge < -0.3 is 15.1 Å². The van der Waals surface area contributed by atoms with Crippen LogP contribution in [0.5, 0.6) is 0 Å². The molecule has 18 heavy (non-hydrogen) atoms. The Balaban J connectivity index is 1.51. The Morgan fingerprint density at radius 3 is 2.78 bits per heavy atom. The van der Waals surface area contributed by atoms with Crippen LogP contribution in [0.1, 0.15) is 32.1 Å². The molecule has 0 bridgehead atoms. The Hall–Kier alpha value is -0.610. The number of likely N-dealkylation sites (tertiary alicyclic amines) is 2. The number of amides is 1. The second-order valence-electron chi connectivity index (χ2n) is 6.01. The molecule has 102 valence electrons. The Labute approximate surface area is 110 Å². The highest BCUT2D eigenvalue weighted by atomic mass is 16.2. The molecule has 2 unspecified atom stereocenters. The van der Waals surface area contributed by atoms with Crippen molar-refractivity contribution in [2.45, 2.75) is 38.1 Å². The van der Waals surface area contributed by atoms with Crippen LogP contribution < -0.4 is 5.32 Å². The first-order valence-electron chi connectivity index (χ1n) is 7.57. The highest BCUT2D eigenvalue weighted by Crippen LogP contribution is 2.26. The third kappa shape index (κ3) is 2.54. The van der Waals surface area contributed by atoms with Gasteiger partial charge in [-0.25, -0.2) is 0 Å². The van der Waals surface area contributed by atoms with Gasteiger partial charge in [0.25, 0.3) is 0 Å². The highest BCUT2D eigenvalue weighted by molar-refractivity contribution is 5.77. The molecule has 0 aliphatic carbocycles. The fraction of sp³-hybridized carbons (Fsp3) is 0.929. The number of rotatable bonds is 3. The van der Waals surface area contributed by atoms with Crippen molar-refractivity contribution in [2.24, 2.45) is 5.92 Å². The van der Waals surface area contributed by atoms with Gasteiger partial charge in [-0.15, -0.1) is 0 Å². The van der Waals surface area contributed by atoms with E-state index in [4.69, 9.17) is 0 Å². The second-order valence-corrected chi connectivity index (χ2v) is 6.01. The summed E-state index contributed by atoms with van der Waals surface area (Å²) in [6.07, 6.45) is 5.84. The topological polar surface area (TPSA) is 35.6 Å². The van der Waals surface area contributed by atoms with Crippen molar-refractivity contribution in [3.05, 3.63) is 0 Å². The van der Waals surface area contributed by atoms with Crippen LogP contribution in [0.15, 0.2) is 0 Å². The zero-order valence-corrected chi connectivity index (χ0v) is 11.2. The summed E-state index contributed by atoms with van der Waals surface area (Å²) in [5, 5.41) is 3.44. The molecule has 3 fully saturated rings. The Kier molecular flexibility index (Phi) is 3.85. The van der Waals surface area contributed by atoms with Crippen molar-refractivity contribution in [2.75, 3.05) is 39.3 Å². The Bertz CT molecular complexity index is 301. The number of nitrogens with zero attached hydrogens (tertiary/aromatic N) is 2. The molecule has 0 aromatic carbocycles. The molecule has 0 radical (unpaired) electrons. The van der Waals surface area contributed by atoms with Crippen LogP contribution in [0.3, 0.4) is 0 Å². The lowest BCUT2D eigenvalue weighted by atomic mass is 9.92. The first kappa shape index (κ1) is 12.4.